The smallest absolute Gasteiger partial charge is 0.242 e. The Balaban J connectivity index is 1.94. The predicted molar refractivity (Wildman–Crippen MR) is 63.6 cm³/mol. The normalized spacial score (nSPS) is 20.6. The van der Waals surface area contributed by atoms with Crippen LogP contribution in [0.3, 0.4) is 0 Å². The second-order valence-electron chi connectivity index (χ2n) is 3.90. The van der Waals surface area contributed by atoms with Crippen LogP contribution in [0.25, 0.3) is 0 Å². The number of anilines is 1. The van der Waals surface area contributed by atoms with Gasteiger partial charge in [-0.1, -0.05) is 6.92 Å². The van der Waals surface area contributed by atoms with Crippen molar-refractivity contribution in [2.24, 2.45) is 0 Å². The average Bonchev–Trinajstić information content (AvgIpc) is 2.70. The molecule has 5 nitrogen and oxygen atoms in total. The summed E-state index contributed by atoms with van der Waals surface area (Å²) < 4.78 is 4.23. The summed E-state index contributed by atoms with van der Waals surface area (Å²) in [6, 6.07) is -0.142. The highest BCUT2D eigenvalue weighted by Gasteiger charge is 2.22. The summed E-state index contributed by atoms with van der Waals surface area (Å²) in [6.45, 7) is 2.89. The van der Waals surface area contributed by atoms with Gasteiger partial charge in [0, 0.05) is 24.5 Å². The summed E-state index contributed by atoms with van der Waals surface area (Å²) in [6.07, 6.45) is 3.83. The molecule has 0 radical (unpaired) electrons. The molecule has 88 valence electrons. The van der Waals surface area contributed by atoms with Crippen molar-refractivity contribution in [1.29, 1.82) is 0 Å². The molecule has 2 rings (SSSR count). The van der Waals surface area contributed by atoms with Crippen molar-refractivity contribution in [3.8, 4) is 0 Å². The standard InChI is InChI=1S/C10H16N4OS/c1-2-4-8-13-10(16-14-8)12-7-5-3-6-11-9(7)15/h7H,2-6H2,1H3,(H,11,15)(H,12,13,14). The quantitative estimate of drug-likeness (QED) is 0.829. The molecule has 16 heavy (non-hydrogen) atoms. The van der Waals surface area contributed by atoms with Crippen LogP contribution in [0.4, 0.5) is 5.13 Å². The molecule has 0 aromatic carbocycles. The van der Waals surface area contributed by atoms with E-state index >= 15 is 0 Å². The van der Waals surface area contributed by atoms with E-state index in [-0.39, 0.29) is 11.9 Å². The van der Waals surface area contributed by atoms with E-state index in [0.29, 0.717) is 0 Å². The zero-order valence-corrected chi connectivity index (χ0v) is 10.1. The highest BCUT2D eigenvalue weighted by Crippen LogP contribution is 2.16. The van der Waals surface area contributed by atoms with Gasteiger partial charge in [0.25, 0.3) is 0 Å². The van der Waals surface area contributed by atoms with Crippen LogP contribution >= 0.6 is 11.5 Å². The Labute approximate surface area is 98.8 Å². The lowest BCUT2D eigenvalue weighted by Crippen LogP contribution is -2.44. The van der Waals surface area contributed by atoms with Crippen LogP contribution in [-0.2, 0) is 11.2 Å². The Morgan fingerprint density at radius 1 is 1.62 bits per heavy atom. The Morgan fingerprint density at radius 2 is 2.50 bits per heavy atom. The minimum Gasteiger partial charge on any atom is -0.354 e. The van der Waals surface area contributed by atoms with Gasteiger partial charge in [-0.2, -0.15) is 4.37 Å². The first-order valence-electron chi connectivity index (χ1n) is 5.66. The van der Waals surface area contributed by atoms with Gasteiger partial charge in [0.2, 0.25) is 11.0 Å². The summed E-state index contributed by atoms with van der Waals surface area (Å²) in [5.74, 6) is 0.935. The minimum atomic E-state index is -0.142. The zero-order chi connectivity index (χ0) is 11.4. The van der Waals surface area contributed by atoms with Crippen LogP contribution in [0.1, 0.15) is 32.0 Å². The molecule has 6 heteroatoms. The van der Waals surface area contributed by atoms with E-state index in [0.717, 1.165) is 43.2 Å². The second-order valence-corrected chi connectivity index (χ2v) is 4.65. The number of aryl methyl sites for hydroxylation is 1. The van der Waals surface area contributed by atoms with Crippen LogP contribution in [0, 0.1) is 0 Å². The fourth-order valence-corrected chi connectivity index (χ4v) is 2.36. The summed E-state index contributed by atoms with van der Waals surface area (Å²) in [7, 11) is 0. The summed E-state index contributed by atoms with van der Waals surface area (Å²) in [5, 5.41) is 6.74. The van der Waals surface area contributed by atoms with E-state index in [1.807, 2.05) is 0 Å². The highest BCUT2D eigenvalue weighted by molar-refractivity contribution is 7.09. The van der Waals surface area contributed by atoms with Crippen molar-refractivity contribution in [3.05, 3.63) is 5.82 Å². The van der Waals surface area contributed by atoms with E-state index in [1.165, 1.54) is 11.5 Å². The number of piperidine rings is 1. The fraction of sp³-hybridized carbons (Fsp3) is 0.700. The Hall–Kier alpha value is -1.17. The SMILES string of the molecule is CCCc1nsc(NC2CCCNC2=O)n1. The average molecular weight is 240 g/mol. The largest absolute Gasteiger partial charge is 0.354 e. The lowest BCUT2D eigenvalue weighted by molar-refractivity contribution is -0.123. The number of amides is 1. The van der Waals surface area contributed by atoms with Crippen LogP contribution in [0.2, 0.25) is 0 Å². The number of hydrogen-bond acceptors (Lipinski definition) is 5. The Morgan fingerprint density at radius 3 is 3.25 bits per heavy atom. The molecule has 2 heterocycles. The third-order valence-corrected chi connectivity index (χ3v) is 3.21. The predicted octanol–water partition coefficient (Wildman–Crippen LogP) is 1.18. The number of aromatic nitrogens is 2. The lowest BCUT2D eigenvalue weighted by Gasteiger charge is -2.21. The molecule has 1 aromatic rings. The molecule has 1 aliphatic heterocycles. The summed E-state index contributed by atoms with van der Waals surface area (Å²) >= 11 is 1.33. The fourth-order valence-electron chi connectivity index (χ4n) is 1.70. The third-order valence-electron chi connectivity index (χ3n) is 2.52. The van der Waals surface area contributed by atoms with Crippen molar-refractivity contribution < 1.29 is 4.79 Å². The van der Waals surface area contributed by atoms with Crippen molar-refractivity contribution in [3.63, 3.8) is 0 Å². The first-order chi connectivity index (χ1) is 7.79. The van der Waals surface area contributed by atoms with E-state index in [2.05, 4.69) is 26.9 Å². The number of hydrogen-bond donors (Lipinski definition) is 2. The van der Waals surface area contributed by atoms with Gasteiger partial charge in [0.05, 0.1) is 0 Å². The van der Waals surface area contributed by atoms with Crippen LogP contribution in [0.15, 0.2) is 0 Å². The Kier molecular flexibility index (Phi) is 3.71. The highest BCUT2D eigenvalue weighted by atomic mass is 32.1. The molecule has 1 aliphatic rings. The second kappa shape index (κ2) is 5.25. The maximum atomic E-state index is 11.5. The zero-order valence-electron chi connectivity index (χ0n) is 9.32. The van der Waals surface area contributed by atoms with Crippen molar-refractivity contribution in [1.82, 2.24) is 14.7 Å². The van der Waals surface area contributed by atoms with Crippen LogP contribution in [0.5, 0.6) is 0 Å². The van der Waals surface area contributed by atoms with Crippen molar-refractivity contribution in [2.75, 3.05) is 11.9 Å². The van der Waals surface area contributed by atoms with Crippen molar-refractivity contribution >= 4 is 22.6 Å². The van der Waals surface area contributed by atoms with Gasteiger partial charge < -0.3 is 10.6 Å². The third kappa shape index (κ3) is 2.69. The number of nitrogens with one attached hydrogen (secondary N) is 2. The first kappa shape index (κ1) is 11.3. The van der Waals surface area contributed by atoms with Gasteiger partial charge in [0.15, 0.2) is 0 Å². The van der Waals surface area contributed by atoms with E-state index in [1.54, 1.807) is 0 Å². The van der Waals surface area contributed by atoms with E-state index in [4.69, 9.17) is 0 Å². The molecular weight excluding hydrogens is 224 g/mol. The molecule has 0 aliphatic carbocycles. The topological polar surface area (TPSA) is 66.9 Å². The van der Waals surface area contributed by atoms with Crippen LogP contribution in [-0.4, -0.2) is 27.9 Å². The van der Waals surface area contributed by atoms with E-state index < -0.39 is 0 Å². The molecule has 1 atom stereocenters. The van der Waals surface area contributed by atoms with Gasteiger partial charge >= 0.3 is 0 Å². The van der Waals surface area contributed by atoms with Gasteiger partial charge in [-0.3, -0.25) is 4.79 Å². The van der Waals surface area contributed by atoms with Crippen LogP contribution < -0.4 is 10.6 Å². The molecular formula is C10H16N4OS. The first-order valence-corrected chi connectivity index (χ1v) is 6.43. The number of rotatable bonds is 4. The Bertz CT molecular complexity index is 365. The summed E-state index contributed by atoms with van der Waals surface area (Å²) in [4.78, 5) is 15.9. The molecule has 0 bridgehead atoms. The molecule has 1 amide bonds. The monoisotopic (exact) mass is 240 g/mol. The van der Waals surface area contributed by atoms with Gasteiger partial charge in [-0.05, 0) is 19.3 Å². The van der Waals surface area contributed by atoms with E-state index in [9.17, 15) is 4.79 Å². The molecule has 1 unspecified atom stereocenters. The maximum Gasteiger partial charge on any atom is 0.242 e. The minimum absolute atomic E-state index is 0.0680. The van der Waals surface area contributed by atoms with Gasteiger partial charge in [-0.15, -0.1) is 0 Å². The number of carbonyl (C=O) groups is 1. The van der Waals surface area contributed by atoms with Gasteiger partial charge in [-0.25, -0.2) is 4.98 Å². The molecule has 1 saturated heterocycles. The van der Waals surface area contributed by atoms with Crippen molar-refractivity contribution in [2.45, 2.75) is 38.6 Å². The molecule has 0 saturated carbocycles. The summed E-state index contributed by atoms with van der Waals surface area (Å²) in [5.41, 5.74) is 0. The van der Waals surface area contributed by atoms with Gasteiger partial charge in [0.1, 0.15) is 11.9 Å². The molecule has 1 fully saturated rings. The number of nitrogens with zero attached hydrogens (tertiary/aromatic N) is 2. The molecule has 1 aromatic heterocycles. The lowest BCUT2D eigenvalue weighted by atomic mass is 10.1. The maximum absolute atomic E-state index is 11.5. The number of carbonyl (C=O) groups excluding carboxylic acids is 1. The molecule has 2 N–H and O–H groups in total. The molecule has 0 spiro atoms.